The minimum atomic E-state index is -1.46. The third-order valence-corrected chi connectivity index (χ3v) is 8.44. The molecule has 4 aromatic carbocycles. The summed E-state index contributed by atoms with van der Waals surface area (Å²) in [5.41, 5.74) is 3.74. The Morgan fingerprint density at radius 2 is 1.37 bits per heavy atom. The summed E-state index contributed by atoms with van der Waals surface area (Å²) in [5, 5.41) is 0. The number of Topliss-reactive ketones (excluding diaryl/α,β-unsaturated/α-hetero) is 3. The summed E-state index contributed by atoms with van der Waals surface area (Å²) in [5.74, 6) is -1.18. The molecule has 4 nitrogen and oxygen atoms in total. The van der Waals surface area contributed by atoms with Gasteiger partial charge in [0.1, 0.15) is 11.5 Å². The van der Waals surface area contributed by atoms with Crippen LogP contribution in [0.15, 0.2) is 109 Å². The summed E-state index contributed by atoms with van der Waals surface area (Å²) in [4.78, 5) is 45.7. The van der Waals surface area contributed by atoms with Crippen LogP contribution in [-0.2, 0) is 0 Å². The molecule has 0 bridgehead atoms. The van der Waals surface area contributed by atoms with Crippen molar-refractivity contribution in [2.24, 2.45) is 5.41 Å². The maximum Gasteiger partial charge on any atom is 0.185 e. The molecule has 1 fully saturated rings. The van der Waals surface area contributed by atoms with E-state index in [9.17, 15) is 14.4 Å². The lowest BCUT2D eigenvalue weighted by molar-refractivity contribution is 0.0666. The van der Waals surface area contributed by atoms with Crippen molar-refractivity contribution in [1.29, 1.82) is 0 Å². The predicted octanol–water partition coefficient (Wildman–Crippen LogP) is 6.31. The fraction of sp³-hybridized carbons (Fsp3) is 0.147. The van der Waals surface area contributed by atoms with Crippen molar-refractivity contribution in [3.8, 4) is 0 Å². The average Bonchev–Trinajstić information content (AvgIpc) is 3.39. The van der Waals surface area contributed by atoms with Crippen LogP contribution < -0.4 is 4.90 Å². The molecule has 0 N–H and O–H groups in total. The number of benzene rings is 4. The topological polar surface area (TPSA) is 54.5 Å². The summed E-state index contributed by atoms with van der Waals surface area (Å²) < 4.78 is 0. The largest absolute Gasteiger partial charge is 0.352 e. The molecule has 3 unspecified atom stereocenters. The van der Waals surface area contributed by atoms with E-state index in [2.05, 4.69) is 11.0 Å². The Balaban J connectivity index is 1.55. The monoisotopic (exact) mass is 495 g/mol. The Kier molecular flexibility index (Phi) is 4.89. The average molecular weight is 496 g/mol. The maximum absolute atomic E-state index is 14.5. The number of carbonyl (C=O) groups is 3. The van der Waals surface area contributed by atoms with Gasteiger partial charge >= 0.3 is 0 Å². The highest BCUT2D eigenvalue weighted by Gasteiger charge is 2.71. The van der Waals surface area contributed by atoms with Crippen molar-refractivity contribution in [2.75, 3.05) is 4.90 Å². The van der Waals surface area contributed by atoms with Crippen molar-refractivity contribution < 1.29 is 14.4 Å². The van der Waals surface area contributed by atoms with E-state index in [0.29, 0.717) is 16.7 Å². The number of anilines is 1. The third kappa shape index (κ3) is 2.89. The van der Waals surface area contributed by atoms with Gasteiger partial charge in [-0.3, -0.25) is 14.4 Å². The lowest BCUT2D eigenvalue weighted by atomic mass is 9.64. The summed E-state index contributed by atoms with van der Waals surface area (Å²) in [6.45, 7) is 2.03. The van der Waals surface area contributed by atoms with Gasteiger partial charge in [0.25, 0.3) is 0 Å². The van der Waals surface area contributed by atoms with Crippen LogP contribution in [0.2, 0.25) is 0 Å². The number of ketones is 3. The molecular weight excluding hydrogens is 470 g/mol. The van der Waals surface area contributed by atoms with Gasteiger partial charge in [-0.15, -0.1) is 0 Å². The Morgan fingerprint density at radius 3 is 2.03 bits per heavy atom. The van der Waals surface area contributed by atoms with Gasteiger partial charge in [-0.05, 0) is 30.2 Å². The Bertz CT molecular complexity index is 1620. The Morgan fingerprint density at radius 1 is 0.763 bits per heavy atom. The molecule has 38 heavy (non-hydrogen) atoms. The van der Waals surface area contributed by atoms with E-state index >= 15 is 0 Å². The van der Waals surface area contributed by atoms with Crippen LogP contribution in [0.1, 0.15) is 53.7 Å². The minimum Gasteiger partial charge on any atom is -0.352 e. The first-order chi connectivity index (χ1) is 18.5. The highest BCUT2D eigenvalue weighted by atomic mass is 16.2. The minimum absolute atomic E-state index is 0.0975. The van der Waals surface area contributed by atoms with Gasteiger partial charge in [-0.25, -0.2) is 0 Å². The maximum atomic E-state index is 14.5. The van der Waals surface area contributed by atoms with E-state index < -0.39 is 23.4 Å². The Labute approximate surface area is 221 Å². The van der Waals surface area contributed by atoms with Gasteiger partial charge in [0.2, 0.25) is 0 Å². The number of hydrogen-bond acceptors (Lipinski definition) is 4. The molecule has 1 aliphatic carbocycles. The van der Waals surface area contributed by atoms with Crippen LogP contribution in [0.25, 0.3) is 6.08 Å². The van der Waals surface area contributed by atoms with Crippen LogP contribution in [0.4, 0.5) is 5.69 Å². The van der Waals surface area contributed by atoms with E-state index in [-0.39, 0.29) is 17.3 Å². The lowest BCUT2D eigenvalue weighted by Gasteiger charge is -2.37. The molecule has 0 amide bonds. The van der Waals surface area contributed by atoms with E-state index in [0.717, 1.165) is 22.4 Å². The van der Waals surface area contributed by atoms with Crippen molar-refractivity contribution in [2.45, 2.75) is 24.9 Å². The SMILES string of the molecule is Cc1ccc2c(c1)C=CC1N2C(C(=O)c2ccccc2)C(c2ccccc2)C12C(=O)c1ccccc1C2=O. The first kappa shape index (κ1) is 22.6. The number of rotatable bonds is 3. The second-order valence-electron chi connectivity index (χ2n) is 10.4. The molecule has 7 rings (SSSR count). The lowest BCUT2D eigenvalue weighted by Crippen LogP contribution is -2.48. The normalized spacial score (nSPS) is 22.3. The molecule has 4 heteroatoms. The molecule has 0 aromatic heterocycles. The molecule has 2 aliphatic heterocycles. The van der Waals surface area contributed by atoms with E-state index in [4.69, 9.17) is 0 Å². The van der Waals surface area contributed by atoms with Gasteiger partial charge in [-0.2, -0.15) is 0 Å². The van der Waals surface area contributed by atoms with Crippen molar-refractivity contribution in [3.63, 3.8) is 0 Å². The van der Waals surface area contributed by atoms with Crippen LogP contribution >= 0.6 is 0 Å². The molecule has 1 saturated heterocycles. The van der Waals surface area contributed by atoms with E-state index in [1.54, 1.807) is 24.3 Å². The number of fused-ring (bicyclic) bond motifs is 5. The van der Waals surface area contributed by atoms with Gasteiger partial charge in [0.05, 0.1) is 6.04 Å². The third-order valence-electron chi connectivity index (χ3n) is 8.44. The first-order valence-electron chi connectivity index (χ1n) is 12.9. The highest BCUT2D eigenvalue weighted by Crippen LogP contribution is 2.60. The Hall–Kier alpha value is -4.57. The summed E-state index contributed by atoms with van der Waals surface area (Å²) >= 11 is 0. The first-order valence-corrected chi connectivity index (χ1v) is 12.9. The second-order valence-corrected chi connectivity index (χ2v) is 10.4. The zero-order valence-corrected chi connectivity index (χ0v) is 20.9. The molecule has 0 radical (unpaired) electrons. The summed E-state index contributed by atoms with van der Waals surface area (Å²) in [6, 6.07) is 30.7. The molecule has 4 aromatic rings. The number of nitrogens with zero attached hydrogens (tertiary/aromatic N) is 1. The van der Waals surface area contributed by atoms with E-state index in [1.807, 2.05) is 91.9 Å². The smallest absolute Gasteiger partial charge is 0.185 e. The summed E-state index contributed by atoms with van der Waals surface area (Å²) in [7, 11) is 0. The molecular formula is C34H25NO3. The van der Waals surface area contributed by atoms with Crippen LogP contribution in [0.5, 0.6) is 0 Å². The number of carbonyl (C=O) groups excluding carboxylic acids is 3. The zero-order chi connectivity index (χ0) is 26.0. The van der Waals surface area contributed by atoms with Crippen molar-refractivity contribution in [3.05, 3.63) is 143 Å². The predicted molar refractivity (Wildman–Crippen MR) is 148 cm³/mol. The molecule has 0 saturated carbocycles. The van der Waals surface area contributed by atoms with Crippen molar-refractivity contribution in [1.82, 2.24) is 0 Å². The molecule has 1 spiro atoms. The molecule has 3 atom stereocenters. The quantitative estimate of drug-likeness (QED) is 0.247. The highest BCUT2D eigenvalue weighted by molar-refractivity contribution is 6.32. The molecule has 3 aliphatic rings. The van der Waals surface area contributed by atoms with Crippen LogP contribution in [-0.4, -0.2) is 29.4 Å². The molecule has 184 valence electrons. The standard InChI is InChI=1S/C34H25NO3/c1-21-16-18-27-24(20-21)17-19-28-34(32(37)25-14-8-9-15-26(25)33(34)38)29(22-10-4-2-5-11-22)30(35(27)28)31(36)23-12-6-3-7-13-23/h2-20,28-30H,1H3. The van der Waals surface area contributed by atoms with Gasteiger partial charge in [-0.1, -0.05) is 109 Å². The van der Waals surface area contributed by atoms with Crippen molar-refractivity contribution >= 4 is 29.1 Å². The number of hydrogen-bond donors (Lipinski definition) is 0. The number of aryl methyl sites for hydroxylation is 1. The van der Waals surface area contributed by atoms with Crippen LogP contribution in [0.3, 0.4) is 0 Å². The zero-order valence-electron chi connectivity index (χ0n) is 20.9. The van der Waals surface area contributed by atoms with Gasteiger partial charge in [0, 0.05) is 28.3 Å². The fourth-order valence-electron chi connectivity index (χ4n) is 6.90. The van der Waals surface area contributed by atoms with Gasteiger partial charge < -0.3 is 4.90 Å². The second kappa shape index (κ2) is 8.22. The molecule has 2 heterocycles. The van der Waals surface area contributed by atoms with Gasteiger partial charge in [0.15, 0.2) is 17.3 Å². The fourth-order valence-corrected chi connectivity index (χ4v) is 6.90. The van der Waals surface area contributed by atoms with E-state index in [1.165, 1.54) is 0 Å². The summed E-state index contributed by atoms with van der Waals surface area (Å²) in [6.07, 6.45) is 3.98. The van der Waals surface area contributed by atoms with Crippen LogP contribution in [0, 0.1) is 12.3 Å².